The van der Waals surface area contributed by atoms with Gasteiger partial charge in [0.05, 0.1) is 6.20 Å². The molecular formula is C19H20FN3. The fourth-order valence-electron chi connectivity index (χ4n) is 2.86. The number of hydrogen-bond donors (Lipinski definition) is 2. The van der Waals surface area contributed by atoms with Crippen molar-refractivity contribution < 1.29 is 4.39 Å². The van der Waals surface area contributed by atoms with Crippen molar-refractivity contribution in [2.45, 2.75) is 18.8 Å². The molecule has 0 saturated carbocycles. The van der Waals surface area contributed by atoms with Gasteiger partial charge in [0.15, 0.2) is 0 Å². The minimum Gasteiger partial charge on any atom is -0.330 e. The van der Waals surface area contributed by atoms with Crippen molar-refractivity contribution in [1.82, 2.24) is 10.2 Å². The highest BCUT2D eigenvalue weighted by Gasteiger charge is 2.14. The van der Waals surface area contributed by atoms with Gasteiger partial charge in [-0.2, -0.15) is 5.10 Å². The highest BCUT2D eigenvalue weighted by atomic mass is 19.1. The number of aromatic amines is 1. The van der Waals surface area contributed by atoms with Gasteiger partial charge in [-0.25, -0.2) is 4.39 Å². The van der Waals surface area contributed by atoms with Crippen molar-refractivity contribution in [2.75, 3.05) is 6.54 Å². The Morgan fingerprint density at radius 1 is 0.957 bits per heavy atom. The first-order chi connectivity index (χ1) is 11.3. The van der Waals surface area contributed by atoms with Crippen molar-refractivity contribution in [1.29, 1.82) is 0 Å². The monoisotopic (exact) mass is 309 g/mol. The first-order valence-corrected chi connectivity index (χ1v) is 7.82. The van der Waals surface area contributed by atoms with Crippen LogP contribution in [0, 0.1) is 5.82 Å². The van der Waals surface area contributed by atoms with E-state index in [1.165, 1.54) is 17.7 Å². The minimum absolute atomic E-state index is 0.207. The number of benzene rings is 2. The lowest BCUT2D eigenvalue weighted by atomic mass is 9.87. The van der Waals surface area contributed by atoms with E-state index in [2.05, 4.69) is 34.5 Å². The molecule has 0 aliphatic carbocycles. The van der Waals surface area contributed by atoms with Crippen LogP contribution in [0.25, 0.3) is 11.1 Å². The molecule has 0 spiro atoms. The van der Waals surface area contributed by atoms with Crippen molar-refractivity contribution in [3.05, 3.63) is 77.9 Å². The predicted octanol–water partition coefficient (Wildman–Crippen LogP) is 4.09. The molecule has 1 unspecified atom stereocenters. The van der Waals surface area contributed by atoms with Crippen LogP contribution in [-0.4, -0.2) is 16.7 Å². The average Bonchev–Trinajstić information content (AvgIpc) is 3.12. The van der Waals surface area contributed by atoms with Gasteiger partial charge in [0.1, 0.15) is 5.82 Å². The summed E-state index contributed by atoms with van der Waals surface area (Å²) in [4.78, 5) is 0. The van der Waals surface area contributed by atoms with E-state index < -0.39 is 0 Å². The molecule has 3 nitrogen and oxygen atoms in total. The zero-order chi connectivity index (χ0) is 16.1. The summed E-state index contributed by atoms with van der Waals surface area (Å²) < 4.78 is 13.2. The molecule has 0 saturated heterocycles. The Balaban J connectivity index is 1.88. The third kappa shape index (κ3) is 3.66. The second-order valence-electron chi connectivity index (χ2n) is 5.64. The predicted molar refractivity (Wildman–Crippen MR) is 90.6 cm³/mol. The SMILES string of the molecule is NCCCC(c1ccc(F)cc1)c1ccc(-c2cn[nH]c2)cc1. The van der Waals surface area contributed by atoms with Crippen LogP contribution in [0.5, 0.6) is 0 Å². The number of hydrogen-bond acceptors (Lipinski definition) is 2. The van der Waals surface area contributed by atoms with E-state index in [-0.39, 0.29) is 11.7 Å². The number of nitrogens with zero attached hydrogens (tertiary/aromatic N) is 1. The van der Waals surface area contributed by atoms with Gasteiger partial charge in [-0.15, -0.1) is 0 Å². The van der Waals surface area contributed by atoms with Crippen LogP contribution in [0.4, 0.5) is 4.39 Å². The summed E-state index contributed by atoms with van der Waals surface area (Å²) in [6, 6.07) is 15.2. The molecule has 0 aliphatic rings. The Kier molecular flexibility index (Phi) is 4.83. The summed E-state index contributed by atoms with van der Waals surface area (Å²) in [6.45, 7) is 0.658. The summed E-state index contributed by atoms with van der Waals surface area (Å²) in [5.41, 5.74) is 10.2. The van der Waals surface area contributed by atoms with Crippen molar-refractivity contribution in [2.24, 2.45) is 5.73 Å². The van der Waals surface area contributed by atoms with Gasteiger partial charge in [0.2, 0.25) is 0 Å². The van der Waals surface area contributed by atoms with Crippen LogP contribution in [0.2, 0.25) is 0 Å². The molecule has 0 amide bonds. The van der Waals surface area contributed by atoms with E-state index >= 15 is 0 Å². The summed E-state index contributed by atoms with van der Waals surface area (Å²) >= 11 is 0. The Morgan fingerprint density at radius 2 is 1.61 bits per heavy atom. The second-order valence-corrected chi connectivity index (χ2v) is 5.64. The molecule has 0 radical (unpaired) electrons. The second kappa shape index (κ2) is 7.20. The molecule has 0 bridgehead atoms. The number of aromatic nitrogens is 2. The largest absolute Gasteiger partial charge is 0.330 e. The molecule has 4 heteroatoms. The summed E-state index contributed by atoms with van der Waals surface area (Å²) in [6.07, 6.45) is 5.57. The van der Waals surface area contributed by atoms with Crippen molar-refractivity contribution in [3.8, 4) is 11.1 Å². The third-order valence-electron chi connectivity index (χ3n) is 4.11. The maximum Gasteiger partial charge on any atom is 0.123 e. The number of halogens is 1. The van der Waals surface area contributed by atoms with Gasteiger partial charge in [0, 0.05) is 17.7 Å². The lowest BCUT2D eigenvalue weighted by molar-refractivity contribution is 0.623. The highest BCUT2D eigenvalue weighted by molar-refractivity contribution is 5.62. The van der Waals surface area contributed by atoms with Gasteiger partial charge in [-0.3, -0.25) is 5.10 Å². The van der Waals surface area contributed by atoms with E-state index in [1.807, 2.05) is 18.3 Å². The van der Waals surface area contributed by atoms with Crippen molar-refractivity contribution >= 4 is 0 Å². The first-order valence-electron chi connectivity index (χ1n) is 7.82. The molecule has 1 heterocycles. The molecule has 3 N–H and O–H groups in total. The van der Waals surface area contributed by atoms with Gasteiger partial charge >= 0.3 is 0 Å². The molecule has 23 heavy (non-hydrogen) atoms. The van der Waals surface area contributed by atoms with Gasteiger partial charge < -0.3 is 5.73 Å². The quantitative estimate of drug-likeness (QED) is 0.720. The number of nitrogens with one attached hydrogen (secondary N) is 1. The summed E-state index contributed by atoms with van der Waals surface area (Å²) in [7, 11) is 0. The third-order valence-corrected chi connectivity index (χ3v) is 4.11. The zero-order valence-electron chi connectivity index (χ0n) is 12.9. The lowest BCUT2D eigenvalue weighted by Gasteiger charge is -2.18. The minimum atomic E-state index is -0.207. The Hall–Kier alpha value is -2.46. The standard InChI is InChI=1S/C19H20FN3/c20-18-9-7-16(8-10-18)19(2-1-11-21)15-5-3-14(4-6-15)17-12-22-23-13-17/h3-10,12-13,19H,1-2,11,21H2,(H,22,23). The normalized spacial score (nSPS) is 12.3. The molecule has 0 fully saturated rings. The number of rotatable bonds is 6. The van der Waals surface area contributed by atoms with E-state index in [1.54, 1.807) is 6.20 Å². The Bertz CT molecular complexity index is 718. The van der Waals surface area contributed by atoms with Crippen molar-refractivity contribution in [3.63, 3.8) is 0 Å². The zero-order valence-corrected chi connectivity index (χ0v) is 12.9. The average molecular weight is 309 g/mol. The number of nitrogens with two attached hydrogens (primary N) is 1. The highest BCUT2D eigenvalue weighted by Crippen LogP contribution is 2.30. The molecule has 0 aliphatic heterocycles. The number of H-pyrrole nitrogens is 1. The fourth-order valence-corrected chi connectivity index (χ4v) is 2.86. The van der Waals surface area contributed by atoms with Crippen LogP contribution >= 0.6 is 0 Å². The first kappa shape index (κ1) is 15.4. The summed E-state index contributed by atoms with van der Waals surface area (Å²) in [5.74, 6) is 0.0270. The smallest absolute Gasteiger partial charge is 0.123 e. The maximum absolute atomic E-state index is 13.2. The molecule has 1 aromatic heterocycles. The van der Waals surface area contributed by atoms with Crippen LogP contribution in [0.3, 0.4) is 0 Å². The van der Waals surface area contributed by atoms with E-state index in [0.717, 1.165) is 29.5 Å². The topological polar surface area (TPSA) is 54.7 Å². The molecule has 118 valence electrons. The van der Waals surface area contributed by atoms with Crippen LogP contribution in [0.15, 0.2) is 60.9 Å². The Morgan fingerprint density at radius 3 is 2.17 bits per heavy atom. The molecule has 1 atom stereocenters. The molecule has 3 rings (SSSR count). The van der Waals surface area contributed by atoms with Crippen LogP contribution in [-0.2, 0) is 0 Å². The van der Waals surface area contributed by atoms with Gasteiger partial charge in [0.25, 0.3) is 0 Å². The fraction of sp³-hybridized carbons (Fsp3) is 0.211. The van der Waals surface area contributed by atoms with E-state index in [0.29, 0.717) is 6.54 Å². The lowest BCUT2D eigenvalue weighted by Crippen LogP contribution is -2.06. The van der Waals surface area contributed by atoms with E-state index in [4.69, 9.17) is 5.73 Å². The molecule has 2 aromatic carbocycles. The van der Waals surface area contributed by atoms with Crippen LogP contribution < -0.4 is 5.73 Å². The van der Waals surface area contributed by atoms with Gasteiger partial charge in [-0.1, -0.05) is 36.4 Å². The molecular weight excluding hydrogens is 289 g/mol. The Labute approximate surface area is 135 Å². The van der Waals surface area contributed by atoms with Crippen LogP contribution in [0.1, 0.15) is 29.9 Å². The summed E-state index contributed by atoms with van der Waals surface area (Å²) in [5, 5.41) is 6.80. The van der Waals surface area contributed by atoms with Gasteiger partial charge in [-0.05, 0) is 48.2 Å². The van der Waals surface area contributed by atoms with E-state index in [9.17, 15) is 4.39 Å². The maximum atomic E-state index is 13.2. The molecule has 3 aromatic rings.